The van der Waals surface area contributed by atoms with Gasteiger partial charge in [-0.05, 0) is 18.8 Å². The second-order valence-electron chi connectivity index (χ2n) is 3.88. The van der Waals surface area contributed by atoms with Gasteiger partial charge in [0.2, 0.25) is 0 Å². The second-order valence-corrected chi connectivity index (χ2v) is 3.88. The maximum absolute atomic E-state index is 11.5. The van der Waals surface area contributed by atoms with Crippen LogP contribution in [0, 0.1) is 5.92 Å². The van der Waals surface area contributed by atoms with Crippen LogP contribution < -0.4 is 10.5 Å². The molecule has 2 heterocycles. The molecule has 1 unspecified atom stereocenters. The van der Waals surface area contributed by atoms with E-state index in [1.54, 1.807) is 6.20 Å². The van der Waals surface area contributed by atoms with E-state index >= 15 is 0 Å². The zero-order chi connectivity index (χ0) is 10.7. The Kier molecular flexibility index (Phi) is 3.01. The van der Waals surface area contributed by atoms with Crippen LogP contribution in [0.25, 0.3) is 0 Å². The monoisotopic (exact) mass is 209 g/mol. The number of H-pyrrole nitrogens is 1. The van der Waals surface area contributed by atoms with Gasteiger partial charge in [-0.15, -0.1) is 0 Å². The highest BCUT2D eigenvalue weighted by Gasteiger charge is 2.21. The molecule has 1 aliphatic rings. The fraction of sp³-hybridized carbons (Fsp3) is 0.600. The molecule has 1 fully saturated rings. The summed E-state index contributed by atoms with van der Waals surface area (Å²) in [6, 6.07) is 0. The number of hydrogen-bond donors (Lipinski definition) is 2. The van der Waals surface area contributed by atoms with E-state index in [4.69, 9.17) is 5.11 Å². The number of aliphatic hydroxyl groups is 1. The molecular formula is C10H15N3O2. The standard InChI is InChI=1S/C10H15N3O2/c14-7-8-2-1-5-13(6-8)9-10(15)12-4-3-11-9/h3-4,8,14H,1-2,5-7H2,(H,12,15). The minimum Gasteiger partial charge on any atom is -0.396 e. The normalized spacial score (nSPS) is 21.7. The molecular weight excluding hydrogens is 194 g/mol. The van der Waals surface area contributed by atoms with Gasteiger partial charge in [-0.1, -0.05) is 0 Å². The van der Waals surface area contributed by atoms with E-state index in [1.165, 1.54) is 6.20 Å². The highest BCUT2D eigenvalue weighted by atomic mass is 16.3. The summed E-state index contributed by atoms with van der Waals surface area (Å²) in [7, 11) is 0. The van der Waals surface area contributed by atoms with Crippen LogP contribution in [0.2, 0.25) is 0 Å². The van der Waals surface area contributed by atoms with Gasteiger partial charge < -0.3 is 15.0 Å². The summed E-state index contributed by atoms with van der Waals surface area (Å²) in [6.07, 6.45) is 5.14. The van der Waals surface area contributed by atoms with Crippen molar-refractivity contribution >= 4 is 5.82 Å². The van der Waals surface area contributed by atoms with E-state index in [0.717, 1.165) is 25.9 Å². The van der Waals surface area contributed by atoms with Crippen molar-refractivity contribution in [2.45, 2.75) is 12.8 Å². The molecule has 0 bridgehead atoms. The lowest BCUT2D eigenvalue weighted by molar-refractivity contribution is 0.208. The van der Waals surface area contributed by atoms with Crippen LogP contribution in [0.3, 0.4) is 0 Å². The third-order valence-corrected chi connectivity index (χ3v) is 2.77. The van der Waals surface area contributed by atoms with Gasteiger partial charge in [0, 0.05) is 32.1 Å². The van der Waals surface area contributed by atoms with Crippen molar-refractivity contribution < 1.29 is 5.11 Å². The molecule has 5 nitrogen and oxygen atoms in total. The maximum atomic E-state index is 11.5. The van der Waals surface area contributed by atoms with Crippen LogP contribution in [0.1, 0.15) is 12.8 Å². The van der Waals surface area contributed by atoms with Gasteiger partial charge >= 0.3 is 0 Å². The van der Waals surface area contributed by atoms with E-state index in [1.807, 2.05) is 4.90 Å². The fourth-order valence-electron chi connectivity index (χ4n) is 1.98. The van der Waals surface area contributed by atoms with Crippen molar-refractivity contribution in [3.8, 4) is 0 Å². The van der Waals surface area contributed by atoms with Crippen LogP contribution in [0.4, 0.5) is 5.82 Å². The average Bonchev–Trinajstić information content (AvgIpc) is 2.30. The third kappa shape index (κ3) is 2.18. The van der Waals surface area contributed by atoms with Crippen molar-refractivity contribution in [2.75, 3.05) is 24.6 Å². The predicted octanol–water partition coefficient (Wildman–Crippen LogP) is -0.0214. The van der Waals surface area contributed by atoms with Gasteiger partial charge in [0.15, 0.2) is 5.82 Å². The number of nitrogens with zero attached hydrogens (tertiary/aromatic N) is 2. The zero-order valence-electron chi connectivity index (χ0n) is 8.52. The van der Waals surface area contributed by atoms with Gasteiger partial charge in [0.05, 0.1) is 0 Å². The van der Waals surface area contributed by atoms with Gasteiger partial charge in [-0.2, -0.15) is 0 Å². The number of nitrogens with one attached hydrogen (secondary N) is 1. The maximum Gasteiger partial charge on any atom is 0.290 e. The quantitative estimate of drug-likeness (QED) is 0.718. The van der Waals surface area contributed by atoms with Crippen LogP contribution in [0.15, 0.2) is 17.2 Å². The first-order valence-corrected chi connectivity index (χ1v) is 5.20. The van der Waals surface area contributed by atoms with E-state index in [-0.39, 0.29) is 18.1 Å². The van der Waals surface area contributed by atoms with Crippen LogP contribution in [0.5, 0.6) is 0 Å². The average molecular weight is 209 g/mol. The predicted molar refractivity (Wildman–Crippen MR) is 56.9 cm³/mol. The van der Waals surface area contributed by atoms with E-state index < -0.39 is 0 Å². The minimum atomic E-state index is -0.156. The first-order valence-electron chi connectivity index (χ1n) is 5.20. The molecule has 1 saturated heterocycles. The Bertz CT molecular complexity index is 377. The Labute approximate surface area is 87.8 Å². The Hall–Kier alpha value is -1.36. The van der Waals surface area contributed by atoms with Crippen molar-refractivity contribution in [1.29, 1.82) is 0 Å². The molecule has 0 radical (unpaired) electrons. The first kappa shape index (κ1) is 10.2. The largest absolute Gasteiger partial charge is 0.396 e. The summed E-state index contributed by atoms with van der Waals surface area (Å²) in [4.78, 5) is 20.1. The van der Waals surface area contributed by atoms with Crippen LogP contribution >= 0.6 is 0 Å². The minimum absolute atomic E-state index is 0.156. The lowest BCUT2D eigenvalue weighted by atomic mass is 9.99. The van der Waals surface area contributed by atoms with Gasteiger partial charge in [0.25, 0.3) is 5.56 Å². The SMILES string of the molecule is O=c1[nH]ccnc1N1CCCC(CO)C1. The Balaban J connectivity index is 2.17. The zero-order valence-corrected chi connectivity index (χ0v) is 8.52. The third-order valence-electron chi connectivity index (χ3n) is 2.77. The smallest absolute Gasteiger partial charge is 0.290 e. The topological polar surface area (TPSA) is 69.2 Å². The Morgan fingerprint density at radius 3 is 3.27 bits per heavy atom. The van der Waals surface area contributed by atoms with E-state index in [9.17, 15) is 4.79 Å². The van der Waals surface area contributed by atoms with Crippen molar-refractivity contribution in [1.82, 2.24) is 9.97 Å². The summed E-state index contributed by atoms with van der Waals surface area (Å²) in [5, 5.41) is 9.09. The number of piperidine rings is 1. The summed E-state index contributed by atoms with van der Waals surface area (Å²) < 4.78 is 0. The highest BCUT2D eigenvalue weighted by molar-refractivity contribution is 5.35. The first-order chi connectivity index (χ1) is 7.31. The summed E-state index contributed by atoms with van der Waals surface area (Å²) in [5.41, 5.74) is -0.156. The molecule has 1 atom stereocenters. The molecule has 2 rings (SSSR count). The number of hydrogen-bond acceptors (Lipinski definition) is 4. The highest BCUT2D eigenvalue weighted by Crippen LogP contribution is 2.18. The molecule has 82 valence electrons. The molecule has 1 aromatic rings. The lowest BCUT2D eigenvalue weighted by Gasteiger charge is -2.31. The summed E-state index contributed by atoms with van der Waals surface area (Å²) in [6.45, 7) is 1.74. The molecule has 0 spiro atoms. The molecule has 0 aromatic carbocycles. The van der Waals surface area contributed by atoms with E-state index in [2.05, 4.69) is 9.97 Å². The van der Waals surface area contributed by atoms with E-state index in [0.29, 0.717) is 5.82 Å². The fourth-order valence-corrected chi connectivity index (χ4v) is 1.98. The Morgan fingerprint density at radius 2 is 2.53 bits per heavy atom. The number of aliphatic hydroxyl groups excluding tert-OH is 1. The molecule has 2 N–H and O–H groups in total. The molecule has 0 aliphatic carbocycles. The molecule has 1 aromatic heterocycles. The van der Waals surface area contributed by atoms with Crippen LogP contribution in [-0.4, -0.2) is 34.8 Å². The number of rotatable bonds is 2. The van der Waals surface area contributed by atoms with Crippen molar-refractivity contribution in [3.05, 3.63) is 22.7 Å². The van der Waals surface area contributed by atoms with Crippen molar-refractivity contribution in [2.24, 2.45) is 5.92 Å². The molecule has 1 aliphatic heterocycles. The molecule has 5 heteroatoms. The second kappa shape index (κ2) is 4.44. The molecule has 0 saturated carbocycles. The number of aromatic amines is 1. The van der Waals surface area contributed by atoms with Crippen LogP contribution in [-0.2, 0) is 0 Å². The lowest BCUT2D eigenvalue weighted by Crippen LogP contribution is -2.40. The summed E-state index contributed by atoms with van der Waals surface area (Å²) in [5.74, 6) is 0.732. The molecule has 0 amide bonds. The summed E-state index contributed by atoms with van der Waals surface area (Å²) >= 11 is 0. The van der Waals surface area contributed by atoms with Gasteiger partial charge in [0.1, 0.15) is 0 Å². The molecule has 15 heavy (non-hydrogen) atoms. The number of anilines is 1. The van der Waals surface area contributed by atoms with Gasteiger partial charge in [-0.25, -0.2) is 4.98 Å². The van der Waals surface area contributed by atoms with Gasteiger partial charge in [-0.3, -0.25) is 4.79 Å². The van der Waals surface area contributed by atoms with Crippen molar-refractivity contribution in [3.63, 3.8) is 0 Å². The number of aromatic nitrogens is 2. The Morgan fingerprint density at radius 1 is 1.67 bits per heavy atom.